The quantitative estimate of drug-likeness (QED) is 0.686. The number of nitro groups is 1. The molecule has 0 saturated heterocycles. The summed E-state index contributed by atoms with van der Waals surface area (Å²) in [6.45, 7) is 1.57. The van der Waals surface area contributed by atoms with E-state index in [2.05, 4.69) is 4.98 Å². The van der Waals surface area contributed by atoms with Gasteiger partial charge in [-0.3, -0.25) is 10.1 Å². The van der Waals surface area contributed by atoms with Crippen molar-refractivity contribution in [1.29, 1.82) is 0 Å². The zero-order valence-electron chi connectivity index (χ0n) is 10.5. The molecule has 7 heteroatoms. The first-order chi connectivity index (χ1) is 9.49. The molecule has 6 nitrogen and oxygen atoms in total. The number of aromatic nitrogens is 1. The predicted molar refractivity (Wildman–Crippen MR) is 68.0 cm³/mol. The van der Waals surface area contributed by atoms with E-state index < -0.39 is 28.3 Å². The van der Waals surface area contributed by atoms with Crippen LogP contribution in [0.5, 0.6) is 11.6 Å². The average Bonchev–Trinajstić information content (AvgIpc) is 2.41. The SMILES string of the molecule is CC(O)c1ccc(Oc2c(F)cccc2[N+](=O)[O-])nc1. The maximum Gasteiger partial charge on any atom is 0.314 e. The lowest BCUT2D eigenvalue weighted by atomic mass is 10.2. The Labute approximate surface area is 113 Å². The highest BCUT2D eigenvalue weighted by atomic mass is 19.1. The zero-order chi connectivity index (χ0) is 14.7. The molecule has 0 radical (unpaired) electrons. The number of rotatable bonds is 4. The molecule has 1 N–H and O–H groups in total. The van der Waals surface area contributed by atoms with Gasteiger partial charge in [0.15, 0.2) is 5.82 Å². The predicted octanol–water partition coefficient (Wildman–Crippen LogP) is 2.97. The van der Waals surface area contributed by atoms with Crippen LogP contribution < -0.4 is 4.74 Å². The lowest BCUT2D eigenvalue weighted by Crippen LogP contribution is -1.98. The highest BCUT2D eigenvalue weighted by Gasteiger charge is 2.20. The van der Waals surface area contributed by atoms with Crippen LogP contribution >= 0.6 is 0 Å². The van der Waals surface area contributed by atoms with Gasteiger partial charge in [-0.05, 0) is 24.6 Å². The summed E-state index contributed by atoms with van der Waals surface area (Å²) in [5.41, 5.74) is 0.0757. The van der Waals surface area contributed by atoms with Gasteiger partial charge in [-0.2, -0.15) is 0 Å². The van der Waals surface area contributed by atoms with E-state index in [-0.39, 0.29) is 5.88 Å². The molecule has 2 rings (SSSR count). The minimum Gasteiger partial charge on any atom is -0.429 e. The fourth-order valence-electron chi connectivity index (χ4n) is 1.55. The second-order valence-electron chi connectivity index (χ2n) is 4.05. The Bertz CT molecular complexity index is 629. The van der Waals surface area contributed by atoms with E-state index in [0.717, 1.165) is 12.1 Å². The summed E-state index contributed by atoms with van der Waals surface area (Å²) in [5.74, 6) is -1.34. The average molecular weight is 278 g/mol. The van der Waals surface area contributed by atoms with E-state index >= 15 is 0 Å². The number of ether oxygens (including phenoxy) is 1. The van der Waals surface area contributed by atoms with Crippen molar-refractivity contribution in [2.24, 2.45) is 0 Å². The van der Waals surface area contributed by atoms with Crippen LogP contribution in [0.15, 0.2) is 36.5 Å². The molecule has 1 aromatic carbocycles. The van der Waals surface area contributed by atoms with Gasteiger partial charge in [0.1, 0.15) is 0 Å². The zero-order valence-corrected chi connectivity index (χ0v) is 10.5. The number of hydrogen-bond acceptors (Lipinski definition) is 5. The highest BCUT2D eigenvalue weighted by Crippen LogP contribution is 2.33. The van der Waals surface area contributed by atoms with Crippen LogP contribution in [0.25, 0.3) is 0 Å². The van der Waals surface area contributed by atoms with Gasteiger partial charge in [0.25, 0.3) is 0 Å². The molecule has 0 aliphatic rings. The monoisotopic (exact) mass is 278 g/mol. The maximum absolute atomic E-state index is 13.6. The van der Waals surface area contributed by atoms with Gasteiger partial charge in [0.2, 0.25) is 11.6 Å². The van der Waals surface area contributed by atoms with Crippen molar-refractivity contribution < 1.29 is 19.2 Å². The molecule has 1 heterocycles. The Morgan fingerprint density at radius 1 is 1.40 bits per heavy atom. The number of nitro benzene ring substituents is 1. The molecule has 2 aromatic rings. The van der Waals surface area contributed by atoms with Crippen LogP contribution in [0.3, 0.4) is 0 Å². The molecule has 0 spiro atoms. The maximum atomic E-state index is 13.6. The van der Waals surface area contributed by atoms with Crippen molar-refractivity contribution in [3.8, 4) is 11.6 Å². The number of aliphatic hydroxyl groups is 1. The first-order valence-corrected chi connectivity index (χ1v) is 5.74. The number of halogens is 1. The van der Waals surface area contributed by atoms with E-state index in [0.29, 0.717) is 5.56 Å². The normalized spacial score (nSPS) is 11.9. The third-order valence-corrected chi connectivity index (χ3v) is 2.59. The molecule has 1 unspecified atom stereocenters. The molecule has 0 aliphatic carbocycles. The Balaban J connectivity index is 2.32. The first kappa shape index (κ1) is 13.9. The van der Waals surface area contributed by atoms with Crippen LogP contribution in [-0.4, -0.2) is 15.0 Å². The third kappa shape index (κ3) is 2.89. The summed E-state index contributed by atoms with van der Waals surface area (Å²) in [6, 6.07) is 6.37. The summed E-state index contributed by atoms with van der Waals surface area (Å²) < 4.78 is 18.7. The lowest BCUT2D eigenvalue weighted by Gasteiger charge is -2.08. The molecule has 0 bridgehead atoms. The minimum atomic E-state index is -0.847. The molecular weight excluding hydrogens is 267 g/mol. The van der Waals surface area contributed by atoms with Crippen LogP contribution in [0, 0.1) is 15.9 Å². The Morgan fingerprint density at radius 2 is 2.15 bits per heavy atom. The fourth-order valence-corrected chi connectivity index (χ4v) is 1.55. The van der Waals surface area contributed by atoms with Gasteiger partial charge < -0.3 is 9.84 Å². The smallest absolute Gasteiger partial charge is 0.314 e. The standard InChI is InChI=1S/C13H11FN2O4/c1-8(17)9-5-6-12(15-7-9)20-13-10(14)3-2-4-11(13)16(18)19/h2-8,17H,1H3. The largest absolute Gasteiger partial charge is 0.429 e. The third-order valence-electron chi connectivity index (χ3n) is 2.59. The van der Waals surface area contributed by atoms with Crippen molar-refractivity contribution in [3.05, 3.63) is 58.0 Å². The van der Waals surface area contributed by atoms with Gasteiger partial charge in [0, 0.05) is 18.3 Å². The van der Waals surface area contributed by atoms with Gasteiger partial charge in [0.05, 0.1) is 11.0 Å². The Hall–Kier alpha value is -2.54. The fraction of sp³-hybridized carbons (Fsp3) is 0.154. The van der Waals surface area contributed by atoms with Crippen LogP contribution in [0.2, 0.25) is 0 Å². The molecule has 1 aromatic heterocycles. The Kier molecular flexibility index (Phi) is 3.90. The van der Waals surface area contributed by atoms with E-state index in [9.17, 15) is 19.6 Å². The number of aliphatic hydroxyl groups excluding tert-OH is 1. The highest BCUT2D eigenvalue weighted by molar-refractivity contribution is 5.48. The second kappa shape index (κ2) is 5.62. The van der Waals surface area contributed by atoms with Gasteiger partial charge in [-0.15, -0.1) is 0 Å². The number of benzene rings is 1. The van der Waals surface area contributed by atoms with Gasteiger partial charge in [-0.25, -0.2) is 9.37 Å². The molecule has 20 heavy (non-hydrogen) atoms. The first-order valence-electron chi connectivity index (χ1n) is 5.74. The molecule has 0 aliphatic heterocycles. The molecule has 0 amide bonds. The van der Waals surface area contributed by atoms with Crippen LogP contribution in [0.4, 0.5) is 10.1 Å². The van der Waals surface area contributed by atoms with Crippen molar-refractivity contribution >= 4 is 5.69 Å². The minimum absolute atomic E-state index is 0.00241. The van der Waals surface area contributed by atoms with Crippen molar-refractivity contribution in [2.45, 2.75) is 13.0 Å². The molecule has 0 saturated carbocycles. The summed E-state index contributed by atoms with van der Waals surface area (Å²) in [7, 11) is 0. The van der Waals surface area contributed by atoms with Gasteiger partial charge in [-0.1, -0.05) is 6.07 Å². The van der Waals surface area contributed by atoms with Crippen molar-refractivity contribution in [1.82, 2.24) is 4.98 Å². The number of nitrogens with zero attached hydrogens (tertiary/aromatic N) is 2. The molecule has 1 atom stereocenters. The second-order valence-corrected chi connectivity index (χ2v) is 4.05. The molecular formula is C13H11FN2O4. The number of pyridine rings is 1. The van der Waals surface area contributed by atoms with E-state index in [4.69, 9.17) is 4.74 Å². The number of hydrogen-bond donors (Lipinski definition) is 1. The lowest BCUT2D eigenvalue weighted by molar-refractivity contribution is -0.385. The van der Waals surface area contributed by atoms with E-state index in [1.807, 2.05) is 0 Å². The van der Waals surface area contributed by atoms with Gasteiger partial charge >= 0.3 is 5.69 Å². The van der Waals surface area contributed by atoms with Crippen molar-refractivity contribution in [2.75, 3.05) is 0 Å². The summed E-state index contributed by atoms with van der Waals surface area (Å²) >= 11 is 0. The topological polar surface area (TPSA) is 85.5 Å². The number of para-hydroxylation sites is 1. The van der Waals surface area contributed by atoms with Crippen LogP contribution in [-0.2, 0) is 0 Å². The Morgan fingerprint density at radius 3 is 2.70 bits per heavy atom. The van der Waals surface area contributed by atoms with Crippen molar-refractivity contribution in [3.63, 3.8) is 0 Å². The van der Waals surface area contributed by atoms with E-state index in [1.165, 1.54) is 18.3 Å². The molecule has 0 fully saturated rings. The summed E-state index contributed by atoms with van der Waals surface area (Å²) in [6.07, 6.45) is 0.659. The summed E-state index contributed by atoms with van der Waals surface area (Å²) in [5, 5.41) is 20.1. The van der Waals surface area contributed by atoms with Crippen LogP contribution in [0.1, 0.15) is 18.6 Å². The van der Waals surface area contributed by atoms with E-state index in [1.54, 1.807) is 13.0 Å². The molecule has 104 valence electrons. The summed E-state index contributed by atoms with van der Waals surface area (Å²) in [4.78, 5) is 13.9.